The SMILES string of the molecule is CCOC(=O)n1c(OC)nc2c1CN([C@H]1CO[C@H](c3cc(F)ccc3F)[C@@H](N)C1)C2. The number of benzene rings is 1. The zero-order valence-corrected chi connectivity index (χ0v) is 16.8. The fraction of sp³-hybridized carbons (Fsp3) is 0.500. The number of imidazole rings is 1. The van der Waals surface area contributed by atoms with Crippen LogP contribution in [0.3, 0.4) is 0 Å². The van der Waals surface area contributed by atoms with E-state index in [2.05, 4.69) is 9.88 Å². The van der Waals surface area contributed by atoms with Crippen molar-refractivity contribution in [1.82, 2.24) is 14.5 Å². The van der Waals surface area contributed by atoms with E-state index < -0.39 is 29.9 Å². The zero-order chi connectivity index (χ0) is 21.4. The Morgan fingerprint density at radius 1 is 1.37 bits per heavy atom. The molecule has 2 aliphatic rings. The molecule has 4 rings (SSSR count). The van der Waals surface area contributed by atoms with Gasteiger partial charge in [-0.25, -0.2) is 13.6 Å². The highest BCUT2D eigenvalue weighted by Gasteiger charge is 2.39. The maximum Gasteiger partial charge on any atom is 0.422 e. The van der Waals surface area contributed by atoms with Gasteiger partial charge in [0.05, 0.1) is 31.7 Å². The van der Waals surface area contributed by atoms with Crippen molar-refractivity contribution in [3.05, 3.63) is 46.8 Å². The Labute approximate surface area is 172 Å². The molecule has 10 heteroatoms. The quantitative estimate of drug-likeness (QED) is 0.809. The fourth-order valence-electron chi connectivity index (χ4n) is 4.13. The van der Waals surface area contributed by atoms with Crippen molar-refractivity contribution < 1.29 is 27.8 Å². The highest BCUT2D eigenvalue weighted by molar-refractivity contribution is 5.73. The van der Waals surface area contributed by atoms with Gasteiger partial charge in [0.25, 0.3) is 0 Å². The Bertz CT molecular complexity index is 951. The second-order valence-electron chi connectivity index (χ2n) is 7.40. The first-order chi connectivity index (χ1) is 14.4. The monoisotopic (exact) mass is 422 g/mol. The van der Waals surface area contributed by atoms with Gasteiger partial charge >= 0.3 is 12.1 Å². The maximum atomic E-state index is 14.1. The van der Waals surface area contributed by atoms with Crippen molar-refractivity contribution in [1.29, 1.82) is 0 Å². The maximum absolute atomic E-state index is 14.1. The van der Waals surface area contributed by atoms with E-state index in [0.717, 1.165) is 23.9 Å². The van der Waals surface area contributed by atoms with E-state index in [0.29, 0.717) is 31.8 Å². The number of hydrogen-bond donors (Lipinski definition) is 1. The molecule has 1 aromatic heterocycles. The lowest BCUT2D eigenvalue weighted by atomic mass is 9.93. The molecule has 2 N–H and O–H groups in total. The average molecular weight is 422 g/mol. The zero-order valence-electron chi connectivity index (χ0n) is 16.8. The Morgan fingerprint density at radius 2 is 2.17 bits per heavy atom. The van der Waals surface area contributed by atoms with Crippen molar-refractivity contribution >= 4 is 6.09 Å². The minimum absolute atomic E-state index is 0.0521. The van der Waals surface area contributed by atoms with Crippen molar-refractivity contribution in [2.45, 2.75) is 44.6 Å². The van der Waals surface area contributed by atoms with Crippen LogP contribution < -0.4 is 10.5 Å². The van der Waals surface area contributed by atoms with Gasteiger partial charge in [0.2, 0.25) is 0 Å². The van der Waals surface area contributed by atoms with Gasteiger partial charge in [0.1, 0.15) is 17.7 Å². The molecule has 3 atom stereocenters. The number of halogens is 2. The molecule has 0 bridgehead atoms. The van der Waals surface area contributed by atoms with E-state index in [-0.39, 0.29) is 24.2 Å². The third kappa shape index (κ3) is 3.66. The van der Waals surface area contributed by atoms with Crippen LogP contribution in [0, 0.1) is 11.6 Å². The summed E-state index contributed by atoms with van der Waals surface area (Å²) >= 11 is 0. The summed E-state index contributed by atoms with van der Waals surface area (Å²) in [6.07, 6.45) is -0.724. The molecule has 30 heavy (non-hydrogen) atoms. The highest BCUT2D eigenvalue weighted by Crippen LogP contribution is 2.35. The van der Waals surface area contributed by atoms with Crippen molar-refractivity contribution in [3.8, 4) is 6.01 Å². The largest absolute Gasteiger partial charge is 0.468 e. The van der Waals surface area contributed by atoms with Crippen LogP contribution in [0.2, 0.25) is 0 Å². The van der Waals surface area contributed by atoms with Crippen molar-refractivity contribution in [3.63, 3.8) is 0 Å². The number of hydrogen-bond acceptors (Lipinski definition) is 7. The predicted molar refractivity (Wildman–Crippen MR) is 102 cm³/mol. The molecule has 0 radical (unpaired) electrons. The second-order valence-corrected chi connectivity index (χ2v) is 7.40. The number of aromatic nitrogens is 2. The van der Waals surface area contributed by atoms with Crippen molar-refractivity contribution in [2.75, 3.05) is 20.3 Å². The predicted octanol–water partition coefficient (Wildman–Crippen LogP) is 2.35. The van der Waals surface area contributed by atoms with Crippen LogP contribution in [0.15, 0.2) is 18.2 Å². The van der Waals surface area contributed by atoms with E-state index in [4.69, 9.17) is 19.9 Å². The number of nitrogens with zero attached hydrogens (tertiary/aromatic N) is 3. The lowest BCUT2D eigenvalue weighted by Crippen LogP contribution is -2.48. The van der Waals surface area contributed by atoms with Gasteiger partial charge in [-0.3, -0.25) is 4.90 Å². The molecule has 0 spiro atoms. The van der Waals surface area contributed by atoms with Crippen LogP contribution in [-0.2, 0) is 22.6 Å². The van der Waals surface area contributed by atoms with E-state index in [1.165, 1.54) is 11.7 Å². The van der Waals surface area contributed by atoms with Gasteiger partial charge in [-0.05, 0) is 31.5 Å². The normalized spacial score (nSPS) is 24.0. The molecule has 0 unspecified atom stereocenters. The number of carbonyl (C=O) groups excluding carboxylic acids is 1. The van der Waals surface area contributed by atoms with Gasteiger partial charge < -0.3 is 19.9 Å². The summed E-state index contributed by atoms with van der Waals surface area (Å²) in [6.45, 7) is 3.21. The van der Waals surface area contributed by atoms with Crippen LogP contribution in [0.25, 0.3) is 0 Å². The van der Waals surface area contributed by atoms with E-state index in [9.17, 15) is 13.6 Å². The molecule has 1 saturated heterocycles. The summed E-state index contributed by atoms with van der Waals surface area (Å²) in [5.74, 6) is -1.07. The lowest BCUT2D eigenvalue weighted by molar-refractivity contribution is -0.0535. The minimum Gasteiger partial charge on any atom is -0.468 e. The topological polar surface area (TPSA) is 91.8 Å². The molecule has 3 heterocycles. The van der Waals surface area contributed by atoms with Gasteiger partial charge in [-0.15, -0.1) is 0 Å². The first-order valence-corrected chi connectivity index (χ1v) is 9.80. The van der Waals surface area contributed by atoms with Crippen LogP contribution in [0.5, 0.6) is 6.01 Å². The van der Waals surface area contributed by atoms with Crippen LogP contribution >= 0.6 is 0 Å². The molecular formula is C20H24F2N4O4. The number of fused-ring (bicyclic) bond motifs is 1. The fourth-order valence-corrected chi connectivity index (χ4v) is 4.13. The molecule has 0 saturated carbocycles. The molecule has 1 aromatic carbocycles. The summed E-state index contributed by atoms with van der Waals surface area (Å²) in [5.41, 5.74) is 7.84. The summed E-state index contributed by atoms with van der Waals surface area (Å²) in [7, 11) is 1.45. The summed E-state index contributed by atoms with van der Waals surface area (Å²) in [6, 6.07) is 2.91. The van der Waals surface area contributed by atoms with E-state index in [1.54, 1.807) is 6.92 Å². The van der Waals surface area contributed by atoms with E-state index >= 15 is 0 Å². The minimum atomic E-state index is -0.714. The molecular weight excluding hydrogens is 398 g/mol. The molecule has 1 fully saturated rings. The third-order valence-electron chi connectivity index (χ3n) is 5.55. The first kappa shape index (κ1) is 20.7. The highest BCUT2D eigenvalue weighted by atomic mass is 19.1. The molecule has 2 aromatic rings. The summed E-state index contributed by atoms with van der Waals surface area (Å²) in [5, 5.41) is 0. The lowest BCUT2D eigenvalue weighted by Gasteiger charge is -2.38. The number of carbonyl (C=O) groups is 1. The van der Waals surface area contributed by atoms with Gasteiger partial charge in [-0.2, -0.15) is 9.55 Å². The smallest absolute Gasteiger partial charge is 0.422 e. The van der Waals surface area contributed by atoms with Crippen molar-refractivity contribution in [2.24, 2.45) is 5.73 Å². The van der Waals surface area contributed by atoms with Crippen LogP contribution in [-0.4, -0.2) is 53.0 Å². The van der Waals surface area contributed by atoms with Crippen LogP contribution in [0.4, 0.5) is 13.6 Å². The molecule has 2 aliphatic heterocycles. The summed E-state index contributed by atoms with van der Waals surface area (Å²) in [4.78, 5) is 18.8. The number of ether oxygens (including phenoxy) is 3. The Balaban J connectivity index is 1.48. The van der Waals surface area contributed by atoms with E-state index in [1.807, 2.05) is 0 Å². The number of nitrogens with two attached hydrogens (primary N) is 1. The third-order valence-corrected chi connectivity index (χ3v) is 5.55. The molecule has 0 amide bonds. The Morgan fingerprint density at radius 3 is 2.87 bits per heavy atom. The van der Waals surface area contributed by atoms with Gasteiger partial charge in [0, 0.05) is 30.7 Å². The molecule has 8 nitrogen and oxygen atoms in total. The molecule has 162 valence electrons. The number of rotatable bonds is 4. The molecule has 0 aliphatic carbocycles. The summed E-state index contributed by atoms with van der Waals surface area (Å²) < 4.78 is 45.2. The Hall–Kier alpha value is -2.56. The van der Waals surface area contributed by atoms with Crippen LogP contribution in [0.1, 0.15) is 36.4 Å². The number of methoxy groups -OCH3 is 1. The van der Waals surface area contributed by atoms with Gasteiger partial charge in [0.15, 0.2) is 0 Å². The second kappa shape index (κ2) is 8.29. The van der Waals surface area contributed by atoms with Gasteiger partial charge in [-0.1, -0.05) is 0 Å². The Kier molecular flexibility index (Phi) is 5.72. The first-order valence-electron chi connectivity index (χ1n) is 9.80. The standard InChI is InChI=1S/C20H24F2N4O4/c1-3-29-20(27)26-17-9-25(8-16(17)24-19(26)28-2)12-7-15(23)18(30-10-12)13-6-11(21)4-5-14(13)22/h4-6,12,15,18H,3,7-10,23H2,1-2H3/t12-,15+,18-/m1/s1. The average Bonchev–Trinajstić information content (AvgIpc) is 3.27.